The molecule has 32 heavy (non-hydrogen) atoms. The standard InChI is InChI=1S/C22H33N7O2.HI/c1-18(31-20-7-4-6-19(16-20)30-3)17-27-21(23-2)24-10-11-28-12-14-29(15-13-28)22-25-8-5-9-26-22;/h4-9,16,18H,10-15,17H2,1-3H3,(H2,23,24,27);1H. The lowest BCUT2D eigenvalue weighted by molar-refractivity contribution is 0.222. The van der Waals surface area contributed by atoms with Gasteiger partial charge in [-0.1, -0.05) is 6.07 Å². The van der Waals surface area contributed by atoms with Crippen LogP contribution in [0.5, 0.6) is 11.5 Å². The molecule has 1 aliphatic rings. The quantitative estimate of drug-likeness (QED) is 0.276. The number of rotatable bonds is 9. The molecule has 1 atom stereocenters. The molecule has 176 valence electrons. The van der Waals surface area contributed by atoms with E-state index in [9.17, 15) is 0 Å². The van der Waals surface area contributed by atoms with Gasteiger partial charge in [0, 0.05) is 64.8 Å². The van der Waals surface area contributed by atoms with Crippen LogP contribution in [-0.4, -0.2) is 86.9 Å². The number of hydrogen-bond donors (Lipinski definition) is 2. The number of halogens is 1. The average molecular weight is 555 g/mol. The van der Waals surface area contributed by atoms with Crippen LogP contribution in [0.15, 0.2) is 47.7 Å². The zero-order valence-corrected chi connectivity index (χ0v) is 21.4. The molecule has 1 unspecified atom stereocenters. The molecule has 1 aromatic heterocycles. The zero-order chi connectivity index (χ0) is 21.9. The van der Waals surface area contributed by atoms with Gasteiger partial charge in [-0.15, -0.1) is 24.0 Å². The lowest BCUT2D eigenvalue weighted by Gasteiger charge is -2.34. The molecular formula is C22H34IN7O2. The van der Waals surface area contributed by atoms with E-state index in [1.165, 1.54) is 0 Å². The second-order valence-electron chi connectivity index (χ2n) is 7.36. The SMILES string of the molecule is CN=C(NCCN1CCN(c2ncccn2)CC1)NCC(C)Oc1cccc(OC)c1.I. The highest BCUT2D eigenvalue weighted by atomic mass is 127. The van der Waals surface area contributed by atoms with Crippen LogP contribution in [0.2, 0.25) is 0 Å². The van der Waals surface area contributed by atoms with E-state index in [1.54, 1.807) is 26.6 Å². The van der Waals surface area contributed by atoms with Gasteiger partial charge in [-0.2, -0.15) is 0 Å². The second kappa shape index (κ2) is 13.9. The van der Waals surface area contributed by atoms with Crippen molar-refractivity contribution < 1.29 is 9.47 Å². The lowest BCUT2D eigenvalue weighted by atomic mass is 10.3. The van der Waals surface area contributed by atoms with Crippen molar-refractivity contribution in [1.29, 1.82) is 0 Å². The Labute approximate surface area is 207 Å². The number of benzene rings is 1. The summed E-state index contributed by atoms with van der Waals surface area (Å²) in [7, 11) is 3.43. The summed E-state index contributed by atoms with van der Waals surface area (Å²) >= 11 is 0. The first-order chi connectivity index (χ1) is 15.2. The molecule has 0 spiro atoms. The summed E-state index contributed by atoms with van der Waals surface area (Å²) in [5.74, 6) is 3.16. The van der Waals surface area contributed by atoms with Gasteiger partial charge in [0.2, 0.25) is 5.95 Å². The number of aromatic nitrogens is 2. The number of guanidine groups is 1. The first kappa shape index (κ1) is 25.9. The molecule has 2 heterocycles. The van der Waals surface area contributed by atoms with Crippen molar-refractivity contribution >= 4 is 35.9 Å². The predicted octanol–water partition coefficient (Wildman–Crippen LogP) is 1.86. The van der Waals surface area contributed by atoms with Crippen LogP contribution in [0.3, 0.4) is 0 Å². The third kappa shape index (κ3) is 8.30. The van der Waals surface area contributed by atoms with Crippen LogP contribution in [0, 0.1) is 0 Å². The van der Waals surface area contributed by atoms with Gasteiger partial charge in [0.05, 0.1) is 13.7 Å². The Morgan fingerprint density at radius 1 is 1.09 bits per heavy atom. The van der Waals surface area contributed by atoms with Crippen LogP contribution < -0.4 is 25.0 Å². The summed E-state index contributed by atoms with van der Waals surface area (Å²) in [6.07, 6.45) is 3.57. The number of methoxy groups -OCH3 is 1. The van der Waals surface area contributed by atoms with Crippen molar-refractivity contribution in [3.05, 3.63) is 42.7 Å². The van der Waals surface area contributed by atoms with Gasteiger partial charge in [0.25, 0.3) is 0 Å². The molecule has 1 saturated heterocycles. The number of anilines is 1. The maximum absolute atomic E-state index is 5.95. The van der Waals surface area contributed by atoms with Crippen LogP contribution in [0.1, 0.15) is 6.92 Å². The highest BCUT2D eigenvalue weighted by Crippen LogP contribution is 2.19. The topological polar surface area (TPSA) is 87.1 Å². The first-order valence-electron chi connectivity index (χ1n) is 10.7. The molecule has 0 bridgehead atoms. The van der Waals surface area contributed by atoms with Crippen LogP contribution in [-0.2, 0) is 0 Å². The Kier molecular flexibility index (Phi) is 11.3. The largest absolute Gasteiger partial charge is 0.497 e. The van der Waals surface area contributed by atoms with E-state index in [0.29, 0.717) is 6.54 Å². The van der Waals surface area contributed by atoms with Crippen LogP contribution >= 0.6 is 24.0 Å². The lowest BCUT2D eigenvalue weighted by Crippen LogP contribution is -2.50. The Hall–Kier alpha value is -2.34. The molecule has 3 rings (SSSR count). The summed E-state index contributed by atoms with van der Waals surface area (Å²) in [4.78, 5) is 17.6. The Bertz CT molecular complexity index is 817. The van der Waals surface area contributed by atoms with Gasteiger partial charge in [-0.3, -0.25) is 9.89 Å². The molecule has 0 aliphatic carbocycles. The van der Waals surface area contributed by atoms with E-state index in [2.05, 4.69) is 35.4 Å². The molecule has 9 nitrogen and oxygen atoms in total. The van der Waals surface area contributed by atoms with Gasteiger partial charge in [0.1, 0.15) is 17.6 Å². The van der Waals surface area contributed by atoms with E-state index in [0.717, 1.165) is 62.7 Å². The number of nitrogens with one attached hydrogen (secondary N) is 2. The molecule has 0 radical (unpaired) electrons. The molecule has 10 heteroatoms. The van der Waals surface area contributed by atoms with E-state index in [-0.39, 0.29) is 30.1 Å². The maximum atomic E-state index is 5.95. The van der Waals surface area contributed by atoms with Crippen molar-refractivity contribution in [2.45, 2.75) is 13.0 Å². The molecule has 2 aromatic rings. The maximum Gasteiger partial charge on any atom is 0.225 e. The molecule has 0 saturated carbocycles. The molecule has 1 aliphatic heterocycles. The summed E-state index contributed by atoms with van der Waals surface area (Å²) in [5, 5.41) is 6.70. The van der Waals surface area contributed by atoms with E-state index >= 15 is 0 Å². The van der Waals surface area contributed by atoms with E-state index in [1.807, 2.05) is 37.3 Å². The average Bonchev–Trinajstić information content (AvgIpc) is 2.82. The fourth-order valence-electron chi connectivity index (χ4n) is 3.37. The van der Waals surface area contributed by atoms with Crippen LogP contribution in [0.25, 0.3) is 0 Å². The number of ether oxygens (including phenoxy) is 2. The van der Waals surface area contributed by atoms with Gasteiger partial charge >= 0.3 is 0 Å². The fourth-order valence-corrected chi connectivity index (χ4v) is 3.37. The number of piperazine rings is 1. The van der Waals surface area contributed by atoms with Crippen molar-refractivity contribution in [2.75, 3.05) is 64.9 Å². The highest BCUT2D eigenvalue weighted by molar-refractivity contribution is 14.0. The van der Waals surface area contributed by atoms with Crippen LogP contribution in [0.4, 0.5) is 5.95 Å². The predicted molar refractivity (Wildman–Crippen MR) is 139 cm³/mol. The minimum absolute atomic E-state index is 0. The first-order valence-corrected chi connectivity index (χ1v) is 10.7. The molecule has 0 amide bonds. The fraction of sp³-hybridized carbons (Fsp3) is 0.500. The number of hydrogen-bond acceptors (Lipinski definition) is 7. The minimum Gasteiger partial charge on any atom is -0.497 e. The third-order valence-electron chi connectivity index (χ3n) is 5.09. The summed E-state index contributed by atoms with van der Waals surface area (Å²) < 4.78 is 11.2. The van der Waals surface area contributed by atoms with Gasteiger partial charge in [-0.25, -0.2) is 9.97 Å². The van der Waals surface area contributed by atoms with Crippen molar-refractivity contribution in [3.63, 3.8) is 0 Å². The van der Waals surface area contributed by atoms with Gasteiger partial charge in [-0.05, 0) is 25.1 Å². The van der Waals surface area contributed by atoms with E-state index in [4.69, 9.17) is 9.47 Å². The third-order valence-corrected chi connectivity index (χ3v) is 5.09. The monoisotopic (exact) mass is 555 g/mol. The summed E-state index contributed by atoms with van der Waals surface area (Å²) in [5.41, 5.74) is 0. The Morgan fingerprint density at radius 3 is 2.50 bits per heavy atom. The Balaban J connectivity index is 0.00000363. The van der Waals surface area contributed by atoms with Crippen molar-refractivity contribution in [2.24, 2.45) is 4.99 Å². The molecule has 1 aromatic carbocycles. The highest BCUT2D eigenvalue weighted by Gasteiger charge is 2.18. The van der Waals surface area contributed by atoms with Crippen molar-refractivity contribution in [1.82, 2.24) is 25.5 Å². The number of aliphatic imine (C=N–C) groups is 1. The second-order valence-corrected chi connectivity index (χ2v) is 7.36. The summed E-state index contributed by atoms with van der Waals surface area (Å²) in [6, 6.07) is 9.47. The molecule has 1 fully saturated rings. The normalized spacial score (nSPS) is 15.5. The van der Waals surface area contributed by atoms with Crippen molar-refractivity contribution in [3.8, 4) is 11.5 Å². The summed E-state index contributed by atoms with van der Waals surface area (Å²) in [6.45, 7) is 8.33. The minimum atomic E-state index is -0.0149. The molecule has 2 N–H and O–H groups in total. The van der Waals surface area contributed by atoms with Gasteiger partial charge < -0.3 is 25.0 Å². The van der Waals surface area contributed by atoms with E-state index < -0.39 is 0 Å². The van der Waals surface area contributed by atoms with Gasteiger partial charge in [0.15, 0.2) is 5.96 Å². The zero-order valence-electron chi connectivity index (χ0n) is 19.0. The smallest absolute Gasteiger partial charge is 0.225 e. The molecular weight excluding hydrogens is 521 g/mol. The number of nitrogens with zero attached hydrogens (tertiary/aromatic N) is 5. The Morgan fingerprint density at radius 2 is 1.81 bits per heavy atom.